The van der Waals surface area contributed by atoms with Crippen molar-refractivity contribution in [3.63, 3.8) is 0 Å². The molecule has 15 heteroatoms. The van der Waals surface area contributed by atoms with E-state index in [1.807, 2.05) is 46.3 Å². The van der Waals surface area contributed by atoms with Gasteiger partial charge in [-0.1, -0.05) is 30.3 Å². The Hall–Kier alpha value is -3.71. The zero-order valence-corrected chi connectivity index (χ0v) is 30.7. The lowest BCUT2D eigenvalue weighted by Crippen LogP contribution is -2.56. The van der Waals surface area contributed by atoms with Crippen LogP contribution in [0.25, 0.3) is 11.4 Å². The smallest absolute Gasteiger partial charge is 0.343 e. The van der Waals surface area contributed by atoms with Crippen LogP contribution < -0.4 is 11.0 Å². The SMILES string of the molecule is CN1CCC(N2CCN(C(=O)[C@@H](Cc3cc(Br)c(O)c(Br)c3)N=C(NC#N)N3CCC(n4nc(-c5ccccc5)[nH]c4=O)CC3)CC2)CC1. The molecule has 0 saturated carbocycles. The van der Waals surface area contributed by atoms with Crippen LogP contribution in [0.4, 0.5) is 0 Å². The van der Waals surface area contributed by atoms with Crippen LogP contribution in [0.15, 0.2) is 61.2 Å². The second-order valence-corrected chi connectivity index (χ2v) is 14.7. The maximum absolute atomic E-state index is 14.2. The number of piperazine rings is 1. The molecule has 6 rings (SSSR count). The molecule has 2 aromatic carbocycles. The summed E-state index contributed by atoms with van der Waals surface area (Å²) in [7, 11) is 2.17. The van der Waals surface area contributed by atoms with Crippen molar-refractivity contribution in [1.29, 1.82) is 5.26 Å². The molecule has 0 unspecified atom stereocenters. The van der Waals surface area contributed by atoms with Crippen molar-refractivity contribution in [3.05, 3.63) is 67.5 Å². The van der Waals surface area contributed by atoms with Gasteiger partial charge in [-0.2, -0.15) is 5.26 Å². The van der Waals surface area contributed by atoms with Crippen LogP contribution in [-0.4, -0.2) is 123 Å². The van der Waals surface area contributed by atoms with Crippen LogP contribution in [0.5, 0.6) is 5.75 Å². The van der Waals surface area contributed by atoms with Crippen LogP contribution in [0.2, 0.25) is 0 Å². The molecule has 1 atom stereocenters. The van der Waals surface area contributed by atoms with Crippen LogP contribution in [0.1, 0.15) is 37.3 Å². The summed E-state index contributed by atoms with van der Waals surface area (Å²) in [6.07, 6.45) is 5.81. The Morgan fingerprint density at radius 3 is 2.27 bits per heavy atom. The number of halogens is 2. The highest BCUT2D eigenvalue weighted by atomic mass is 79.9. The van der Waals surface area contributed by atoms with Crippen molar-refractivity contribution in [2.75, 3.05) is 59.4 Å². The van der Waals surface area contributed by atoms with Crippen LogP contribution in [-0.2, 0) is 11.2 Å². The zero-order valence-electron chi connectivity index (χ0n) is 27.6. The quantitative estimate of drug-likeness (QED) is 0.142. The van der Waals surface area contributed by atoms with Crippen molar-refractivity contribution in [2.24, 2.45) is 4.99 Å². The predicted octanol–water partition coefficient (Wildman–Crippen LogP) is 3.38. The number of nitrogens with one attached hydrogen (secondary N) is 2. The van der Waals surface area contributed by atoms with Crippen molar-refractivity contribution in [3.8, 4) is 23.3 Å². The molecule has 0 spiro atoms. The molecule has 260 valence electrons. The Labute approximate surface area is 302 Å². The number of nitriles is 1. The van der Waals surface area contributed by atoms with Gasteiger partial charge in [-0.15, -0.1) is 5.10 Å². The molecule has 3 N–H and O–H groups in total. The Kier molecular flexibility index (Phi) is 11.4. The fraction of sp³-hybridized carbons (Fsp3) is 0.500. The van der Waals surface area contributed by atoms with Gasteiger partial charge in [0, 0.05) is 57.3 Å². The van der Waals surface area contributed by atoms with E-state index in [0.717, 1.165) is 50.1 Å². The van der Waals surface area contributed by atoms with Crippen LogP contribution >= 0.6 is 31.9 Å². The first kappa shape index (κ1) is 35.1. The van der Waals surface area contributed by atoms with Gasteiger partial charge in [-0.3, -0.25) is 20.0 Å². The predicted molar refractivity (Wildman–Crippen MR) is 194 cm³/mol. The lowest BCUT2D eigenvalue weighted by atomic mass is 10.0. The van der Waals surface area contributed by atoms with E-state index in [2.05, 4.69) is 64.1 Å². The van der Waals surface area contributed by atoms with Gasteiger partial charge < -0.3 is 19.8 Å². The van der Waals surface area contributed by atoms with E-state index in [1.54, 1.807) is 12.1 Å². The average molecular weight is 799 g/mol. The second-order valence-electron chi connectivity index (χ2n) is 13.0. The van der Waals surface area contributed by atoms with E-state index in [4.69, 9.17) is 4.99 Å². The number of piperidine rings is 2. The fourth-order valence-electron chi connectivity index (χ4n) is 7.05. The molecular weight excluding hydrogens is 756 g/mol. The fourth-order valence-corrected chi connectivity index (χ4v) is 8.33. The number of H-pyrrole nitrogens is 1. The highest BCUT2D eigenvalue weighted by Gasteiger charge is 2.33. The summed E-state index contributed by atoms with van der Waals surface area (Å²) in [5, 5.41) is 27.4. The number of hydrogen-bond donors (Lipinski definition) is 3. The highest BCUT2D eigenvalue weighted by molar-refractivity contribution is 9.11. The van der Waals surface area contributed by atoms with Crippen molar-refractivity contribution in [1.82, 2.24) is 39.7 Å². The molecule has 0 aliphatic carbocycles. The molecule has 3 fully saturated rings. The number of hydrogen-bond acceptors (Lipinski definition) is 8. The van der Waals surface area contributed by atoms with E-state index in [-0.39, 0.29) is 29.8 Å². The minimum absolute atomic E-state index is 0.0850. The Balaban J connectivity index is 1.18. The lowest BCUT2D eigenvalue weighted by molar-refractivity contribution is -0.134. The third-order valence-corrected chi connectivity index (χ3v) is 11.1. The lowest BCUT2D eigenvalue weighted by Gasteiger charge is -2.42. The Bertz CT molecular complexity index is 1710. The van der Waals surface area contributed by atoms with Gasteiger partial charge in [0.25, 0.3) is 0 Å². The van der Waals surface area contributed by atoms with Gasteiger partial charge in [0.15, 0.2) is 12.0 Å². The van der Waals surface area contributed by atoms with Crippen LogP contribution in [0, 0.1) is 11.5 Å². The molecule has 0 radical (unpaired) electrons. The molecule has 4 heterocycles. The van der Waals surface area contributed by atoms with Gasteiger partial charge >= 0.3 is 5.69 Å². The van der Waals surface area contributed by atoms with Gasteiger partial charge in [0.1, 0.15) is 11.8 Å². The van der Waals surface area contributed by atoms with Crippen molar-refractivity contribution in [2.45, 2.75) is 50.2 Å². The van der Waals surface area contributed by atoms with E-state index in [9.17, 15) is 20.0 Å². The normalized spacial score (nSPS) is 19.5. The average Bonchev–Trinajstić information content (AvgIpc) is 3.52. The Morgan fingerprint density at radius 1 is 1.00 bits per heavy atom. The number of rotatable bonds is 7. The summed E-state index contributed by atoms with van der Waals surface area (Å²) in [6.45, 7) is 6.11. The summed E-state index contributed by atoms with van der Waals surface area (Å²) < 4.78 is 2.55. The van der Waals surface area contributed by atoms with Gasteiger partial charge in [-0.05, 0) is 95.4 Å². The molecule has 3 aromatic rings. The molecule has 49 heavy (non-hydrogen) atoms. The third-order valence-electron chi connectivity index (χ3n) is 9.87. The minimum Gasteiger partial charge on any atom is -0.506 e. The summed E-state index contributed by atoms with van der Waals surface area (Å²) in [6, 6.07) is 12.8. The monoisotopic (exact) mass is 796 g/mol. The summed E-state index contributed by atoms with van der Waals surface area (Å²) >= 11 is 6.83. The van der Waals surface area contributed by atoms with Crippen molar-refractivity contribution < 1.29 is 9.90 Å². The number of carbonyl (C=O) groups is 1. The maximum atomic E-state index is 14.2. The molecule has 1 aromatic heterocycles. The molecule has 3 aliphatic heterocycles. The van der Waals surface area contributed by atoms with E-state index >= 15 is 0 Å². The van der Waals surface area contributed by atoms with Crippen molar-refractivity contribution >= 4 is 43.7 Å². The van der Waals surface area contributed by atoms with Crippen LogP contribution in [0.3, 0.4) is 0 Å². The molecule has 3 saturated heterocycles. The number of aromatic nitrogens is 3. The summed E-state index contributed by atoms with van der Waals surface area (Å²) in [5.41, 5.74) is 1.40. The first-order chi connectivity index (χ1) is 23.7. The molecule has 3 aliphatic rings. The summed E-state index contributed by atoms with van der Waals surface area (Å²) in [4.78, 5) is 43.6. The first-order valence-electron chi connectivity index (χ1n) is 16.8. The number of likely N-dealkylation sites (tertiary alicyclic amines) is 2. The number of guanidine groups is 1. The molecule has 0 bridgehead atoms. The highest BCUT2D eigenvalue weighted by Crippen LogP contribution is 2.34. The van der Waals surface area contributed by atoms with E-state index in [0.29, 0.717) is 65.8 Å². The topological polar surface area (TPSA) is 149 Å². The number of amides is 1. The number of benzene rings is 2. The van der Waals surface area contributed by atoms with Gasteiger partial charge in [0.2, 0.25) is 11.9 Å². The standard InChI is InChI=1S/C34H42Br2N10O3/c1-42-11-7-25(8-12-42)43-15-17-44(18-16-43)32(48)29(21-23-19-27(35)30(47)28(36)20-23)39-33(38-22-37)45-13-9-26(10-14-45)46-34(49)40-31(41-46)24-5-3-2-4-6-24/h2-6,19-20,25-26,29,47H,7-18,21H2,1H3,(H,38,39)(H,40,41,49)/t29-/m1/s1. The molecular formula is C34H42Br2N10O3. The number of aromatic amines is 1. The third kappa shape index (κ3) is 8.37. The van der Waals surface area contributed by atoms with E-state index in [1.165, 1.54) is 4.68 Å². The van der Waals surface area contributed by atoms with Gasteiger partial charge in [-0.25, -0.2) is 14.5 Å². The molecule has 13 nitrogen and oxygen atoms in total. The first-order valence-corrected chi connectivity index (χ1v) is 18.4. The number of phenols is 1. The minimum atomic E-state index is -0.797. The summed E-state index contributed by atoms with van der Waals surface area (Å²) in [5.74, 6) is 0.858. The largest absolute Gasteiger partial charge is 0.506 e. The number of nitrogens with zero attached hydrogens (tertiary/aromatic N) is 8. The Morgan fingerprint density at radius 2 is 1.63 bits per heavy atom. The molecule has 1 amide bonds. The number of aromatic hydroxyl groups is 1. The second kappa shape index (κ2) is 15.9. The van der Waals surface area contributed by atoms with Gasteiger partial charge in [0.05, 0.1) is 15.0 Å². The number of carbonyl (C=O) groups excluding carboxylic acids is 1. The van der Waals surface area contributed by atoms with E-state index < -0.39 is 6.04 Å². The number of aliphatic imine (C=N–C) groups is 1. The zero-order chi connectivity index (χ0) is 34.5. The maximum Gasteiger partial charge on any atom is 0.343 e. The number of phenolic OH excluding ortho intramolecular Hbond substituents is 1.